The van der Waals surface area contributed by atoms with E-state index < -0.39 is 0 Å². The molecule has 0 aromatic carbocycles. The molecule has 1 N–H and O–H groups in total. The zero-order valence-corrected chi connectivity index (χ0v) is 11.2. The molecule has 1 rings (SSSR count). The Morgan fingerprint density at radius 3 is 2.44 bits per heavy atom. The van der Waals surface area contributed by atoms with E-state index in [1.54, 1.807) is 0 Å². The molecule has 0 bridgehead atoms. The standard InChI is InChI=1S/C14H28O2/c1-4-6-7-8-9-10-16-13-11-12(15)14(13,3)5-2/h12-13,15H,4-11H2,1-3H3. The number of hydrogen-bond donors (Lipinski definition) is 1. The summed E-state index contributed by atoms with van der Waals surface area (Å²) < 4.78 is 5.88. The van der Waals surface area contributed by atoms with E-state index in [1.807, 2.05) is 0 Å². The first-order valence-electron chi connectivity index (χ1n) is 6.94. The summed E-state index contributed by atoms with van der Waals surface area (Å²) in [6.07, 6.45) is 8.41. The number of ether oxygens (including phenoxy) is 1. The predicted molar refractivity (Wildman–Crippen MR) is 67.5 cm³/mol. The van der Waals surface area contributed by atoms with E-state index in [0.29, 0.717) is 6.10 Å². The molecule has 1 saturated carbocycles. The Balaban J connectivity index is 2.06. The number of aliphatic hydroxyl groups excluding tert-OH is 1. The van der Waals surface area contributed by atoms with Crippen LogP contribution in [0, 0.1) is 5.41 Å². The van der Waals surface area contributed by atoms with Crippen LogP contribution in [-0.2, 0) is 4.74 Å². The van der Waals surface area contributed by atoms with Crippen molar-refractivity contribution >= 4 is 0 Å². The SMILES string of the molecule is CCCCCCCOC1CC(O)C1(C)CC. The molecule has 3 atom stereocenters. The topological polar surface area (TPSA) is 29.5 Å². The van der Waals surface area contributed by atoms with Gasteiger partial charge in [0.2, 0.25) is 0 Å². The fourth-order valence-electron chi connectivity index (χ4n) is 2.45. The molecule has 1 aliphatic rings. The van der Waals surface area contributed by atoms with Crippen LogP contribution >= 0.6 is 0 Å². The third kappa shape index (κ3) is 3.21. The largest absolute Gasteiger partial charge is 0.392 e. The minimum absolute atomic E-state index is 0.0173. The third-order valence-corrected chi connectivity index (χ3v) is 4.26. The van der Waals surface area contributed by atoms with Crippen LogP contribution < -0.4 is 0 Å². The van der Waals surface area contributed by atoms with Gasteiger partial charge in [-0.3, -0.25) is 0 Å². The minimum Gasteiger partial charge on any atom is -0.392 e. The second kappa shape index (κ2) is 6.61. The van der Waals surface area contributed by atoms with E-state index in [0.717, 1.165) is 19.4 Å². The lowest BCUT2D eigenvalue weighted by molar-refractivity contribution is -0.185. The van der Waals surface area contributed by atoms with Crippen molar-refractivity contribution in [3.63, 3.8) is 0 Å². The van der Waals surface area contributed by atoms with Crippen LogP contribution in [-0.4, -0.2) is 23.9 Å². The lowest BCUT2D eigenvalue weighted by Gasteiger charge is -2.50. The zero-order valence-electron chi connectivity index (χ0n) is 11.2. The van der Waals surface area contributed by atoms with Crippen LogP contribution in [0.2, 0.25) is 0 Å². The molecular weight excluding hydrogens is 200 g/mol. The summed E-state index contributed by atoms with van der Waals surface area (Å²) in [7, 11) is 0. The lowest BCUT2D eigenvalue weighted by atomic mass is 9.63. The van der Waals surface area contributed by atoms with Gasteiger partial charge in [0, 0.05) is 18.4 Å². The van der Waals surface area contributed by atoms with Gasteiger partial charge in [-0.05, 0) is 12.8 Å². The molecule has 0 heterocycles. The fraction of sp³-hybridized carbons (Fsp3) is 1.00. The molecule has 1 fully saturated rings. The summed E-state index contributed by atoms with van der Waals surface area (Å²) in [4.78, 5) is 0. The van der Waals surface area contributed by atoms with Crippen LogP contribution in [0.1, 0.15) is 65.7 Å². The molecule has 0 spiro atoms. The first-order valence-corrected chi connectivity index (χ1v) is 6.94. The Labute approximate surface area is 100 Å². The molecule has 0 aromatic rings. The van der Waals surface area contributed by atoms with Gasteiger partial charge in [-0.1, -0.05) is 46.5 Å². The molecule has 16 heavy (non-hydrogen) atoms. The fourth-order valence-corrected chi connectivity index (χ4v) is 2.45. The van der Waals surface area contributed by atoms with E-state index in [1.165, 1.54) is 32.1 Å². The van der Waals surface area contributed by atoms with Crippen molar-refractivity contribution in [1.82, 2.24) is 0 Å². The number of unbranched alkanes of at least 4 members (excludes halogenated alkanes) is 4. The predicted octanol–water partition coefficient (Wildman–Crippen LogP) is 3.52. The minimum atomic E-state index is -0.150. The van der Waals surface area contributed by atoms with E-state index in [9.17, 15) is 5.11 Å². The Kier molecular flexibility index (Phi) is 5.77. The zero-order chi connectivity index (χ0) is 12.0. The summed E-state index contributed by atoms with van der Waals surface area (Å²) >= 11 is 0. The quantitative estimate of drug-likeness (QED) is 0.644. The van der Waals surface area contributed by atoms with Crippen molar-refractivity contribution in [2.45, 2.75) is 77.9 Å². The second-order valence-electron chi connectivity index (χ2n) is 5.38. The second-order valence-corrected chi connectivity index (χ2v) is 5.38. The van der Waals surface area contributed by atoms with Gasteiger partial charge in [0.1, 0.15) is 0 Å². The summed E-state index contributed by atoms with van der Waals surface area (Å²) in [5.74, 6) is 0. The van der Waals surface area contributed by atoms with Crippen molar-refractivity contribution in [1.29, 1.82) is 0 Å². The molecule has 2 heteroatoms. The lowest BCUT2D eigenvalue weighted by Crippen LogP contribution is -2.56. The first kappa shape index (κ1) is 14.0. The number of rotatable bonds is 8. The van der Waals surface area contributed by atoms with Gasteiger partial charge in [0.15, 0.2) is 0 Å². The van der Waals surface area contributed by atoms with E-state index in [2.05, 4.69) is 20.8 Å². The monoisotopic (exact) mass is 228 g/mol. The summed E-state index contributed by atoms with van der Waals surface area (Å²) in [6, 6.07) is 0. The molecule has 0 amide bonds. The third-order valence-electron chi connectivity index (χ3n) is 4.26. The van der Waals surface area contributed by atoms with Crippen LogP contribution in [0.15, 0.2) is 0 Å². The normalized spacial score (nSPS) is 33.8. The maximum Gasteiger partial charge on any atom is 0.0678 e. The highest BCUT2D eigenvalue weighted by Crippen LogP contribution is 2.45. The van der Waals surface area contributed by atoms with Crippen LogP contribution in [0.5, 0.6) is 0 Å². The first-order chi connectivity index (χ1) is 7.65. The highest BCUT2D eigenvalue weighted by molar-refractivity contribution is 5.00. The smallest absolute Gasteiger partial charge is 0.0678 e. The summed E-state index contributed by atoms with van der Waals surface area (Å²) in [6.45, 7) is 7.39. The van der Waals surface area contributed by atoms with Gasteiger partial charge in [-0.15, -0.1) is 0 Å². The van der Waals surface area contributed by atoms with Crippen molar-refractivity contribution in [3.8, 4) is 0 Å². The number of aliphatic hydroxyl groups is 1. The van der Waals surface area contributed by atoms with Gasteiger partial charge in [-0.2, -0.15) is 0 Å². The Morgan fingerprint density at radius 2 is 1.88 bits per heavy atom. The van der Waals surface area contributed by atoms with E-state index in [-0.39, 0.29) is 11.5 Å². The van der Waals surface area contributed by atoms with Crippen LogP contribution in [0.25, 0.3) is 0 Å². The van der Waals surface area contributed by atoms with Crippen molar-refractivity contribution in [3.05, 3.63) is 0 Å². The highest BCUT2D eigenvalue weighted by Gasteiger charge is 2.50. The van der Waals surface area contributed by atoms with Gasteiger partial charge in [0.05, 0.1) is 12.2 Å². The van der Waals surface area contributed by atoms with Crippen molar-refractivity contribution in [2.24, 2.45) is 5.41 Å². The molecule has 1 aliphatic carbocycles. The average Bonchev–Trinajstić information content (AvgIpc) is 2.31. The van der Waals surface area contributed by atoms with E-state index in [4.69, 9.17) is 4.74 Å². The van der Waals surface area contributed by atoms with Crippen LogP contribution in [0.3, 0.4) is 0 Å². The summed E-state index contributed by atoms with van der Waals surface area (Å²) in [5.41, 5.74) is 0.0173. The Hall–Kier alpha value is -0.0800. The van der Waals surface area contributed by atoms with Gasteiger partial charge in [0.25, 0.3) is 0 Å². The highest BCUT2D eigenvalue weighted by atomic mass is 16.5. The summed E-state index contributed by atoms with van der Waals surface area (Å²) in [5, 5.41) is 9.73. The molecule has 0 saturated heterocycles. The average molecular weight is 228 g/mol. The molecule has 96 valence electrons. The van der Waals surface area contributed by atoms with Gasteiger partial charge < -0.3 is 9.84 Å². The van der Waals surface area contributed by atoms with Gasteiger partial charge in [-0.25, -0.2) is 0 Å². The molecular formula is C14H28O2. The number of hydrogen-bond acceptors (Lipinski definition) is 2. The Bertz CT molecular complexity index is 193. The van der Waals surface area contributed by atoms with Crippen LogP contribution in [0.4, 0.5) is 0 Å². The van der Waals surface area contributed by atoms with Crippen molar-refractivity contribution < 1.29 is 9.84 Å². The molecule has 0 aliphatic heterocycles. The Morgan fingerprint density at radius 1 is 1.19 bits per heavy atom. The van der Waals surface area contributed by atoms with E-state index >= 15 is 0 Å². The molecule has 2 nitrogen and oxygen atoms in total. The molecule has 3 unspecified atom stereocenters. The maximum absolute atomic E-state index is 9.73. The van der Waals surface area contributed by atoms with Gasteiger partial charge >= 0.3 is 0 Å². The van der Waals surface area contributed by atoms with Crippen molar-refractivity contribution in [2.75, 3.05) is 6.61 Å². The maximum atomic E-state index is 9.73. The molecule has 0 radical (unpaired) electrons. The molecule has 0 aromatic heterocycles.